The Morgan fingerprint density at radius 1 is 0.917 bits per heavy atom. The molecule has 1 aromatic rings. The molecule has 0 bridgehead atoms. The minimum atomic E-state index is -3.99. The fourth-order valence-corrected chi connectivity index (χ4v) is 5.65. The molecule has 1 aromatic carbocycles. The highest BCUT2D eigenvalue weighted by atomic mass is 19.3. The molecule has 0 spiro atoms. The molecule has 2 saturated carbocycles. The van der Waals surface area contributed by atoms with Crippen LogP contribution in [0.3, 0.4) is 0 Å². The van der Waals surface area contributed by atoms with E-state index in [2.05, 4.69) is 0 Å². The second-order valence-corrected chi connectivity index (χ2v) is 10.5. The zero-order valence-electron chi connectivity index (χ0n) is 21.1. The summed E-state index contributed by atoms with van der Waals surface area (Å²) in [6.45, 7) is 3.08. The largest absolute Gasteiger partial charge is 0.386 e. The lowest BCUT2D eigenvalue weighted by atomic mass is 9.76. The number of hydrogen-bond donors (Lipinski definition) is 0. The highest BCUT2D eigenvalue weighted by molar-refractivity contribution is 5.28. The number of rotatable bonds is 10. The van der Waals surface area contributed by atoms with E-state index in [1.807, 2.05) is 0 Å². The fourth-order valence-electron chi connectivity index (χ4n) is 5.65. The number of halogens is 7. The number of benzene rings is 1. The maximum atomic E-state index is 14.8. The Morgan fingerprint density at radius 2 is 1.53 bits per heavy atom. The van der Waals surface area contributed by atoms with Crippen molar-refractivity contribution in [3.8, 4) is 0 Å². The molecule has 0 aliphatic heterocycles. The molecule has 0 saturated heterocycles. The maximum absolute atomic E-state index is 14.8. The van der Waals surface area contributed by atoms with Crippen LogP contribution in [0.5, 0.6) is 0 Å². The number of allylic oxidation sites excluding steroid dienone is 2. The van der Waals surface area contributed by atoms with Crippen LogP contribution in [0.2, 0.25) is 0 Å². The molecule has 2 fully saturated rings. The van der Waals surface area contributed by atoms with Crippen LogP contribution in [-0.4, -0.2) is 12.0 Å². The van der Waals surface area contributed by atoms with Gasteiger partial charge >= 0.3 is 6.11 Å². The summed E-state index contributed by atoms with van der Waals surface area (Å²) in [6.07, 6.45) is 0.940. The van der Waals surface area contributed by atoms with E-state index in [1.54, 1.807) is 6.92 Å². The Balaban J connectivity index is 1.54. The van der Waals surface area contributed by atoms with Crippen molar-refractivity contribution in [3.05, 3.63) is 46.8 Å². The minimum absolute atomic E-state index is 0.000393. The van der Waals surface area contributed by atoms with Crippen molar-refractivity contribution in [2.75, 3.05) is 0 Å². The number of alkyl halides is 4. The van der Waals surface area contributed by atoms with Gasteiger partial charge in [-0.25, -0.2) is 22.0 Å². The van der Waals surface area contributed by atoms with E-state index in [0.717, 1.165) is 6.07 Å². The molecular weight excluding hydrogens is 485 g/mol. The average molecular weight is 523 g/mol. The van der Waals surface area contributed by atoms with E-state index < -0.39 is 41.3 Å². The van der Waals surface area contributed by atoms with Crippen LogP contribution in [0.25, 0.3) is 0 Å². The number of hydrogen-bond acceptors (Lipinski definition) is 1. The van der Waals surface area contributed by atoms with E-state index >= 15 is 0 Å². The average Bonchev–Trinajstić information content (AvgIpc) is 2.86. The molecule has 0 atom stereocenters. The first kappa shape index (κ1) is 29.0. The van der Waals surface area contributed by atoms with Gasteiger partial charge in [0.05, 0.1) is 17.5 Å². The molecule has 0 aromatic heterocycles. The molecule has 2 aliphatic rings. The molecule has 1 nitrogen and oxygen atoms in total. The van der Waals surface area contributed by atoms with Gasteiger partial charge < -0.3 is 4.74 Å². The fraction of sp³-hybridized carbons (Fsp3) is 0.714. The van der Waals surface area contributed by atoms with Gasteiger partial charge in [-0.05, 0) is 94.6 Å². The van der Waals surface area contributed by atoms with E-state index in [9.17, 15) is 30.7 Å². The first-order valence-corrected chi connectivity index (χ1v) is 13.2. The van der Waals surface area contributed by atoms with E-state index in [4.69, 9.17) is 4.74 Å². The lowest BCUT2D eigenvalue weighted by Gasteiger charge is -2.33. The predicted molar refractivity (Wildman–Crippen MR) is 126 cm³/mol. The lowest BCUT2D eigenvalue weighted by molar-refractivity contribution is -0.279. The quantitative estimate of drug-likeness (QED) is 0.278. The Kier molecular flexibility index (Phi) is 9.92. The number of aryl methyl sites for hydroxylation is 1. The second-order valence-electron chi connectivity index (χ2n) is 10.5. The molecule has 0 heterocycles. The summed E-state index contributed by atoms with van der Waals surface area (Å²) in [7, 11) is 0. The topological polar surface area (TPSA) is 9.23 Å². The highest BCUT2D eigenvalue weighted by Crippen LogP contribution is 2.42. The van der Waals surface area contributed by atoms with Crippen LogP contribution < -0.4 is 0 Å². The molecule has 0 N–H and O–H groups in total. The first-order valence-electron chi connectivity index (χ1n) is 13.2. The van der Waals surface area contributed by atoms with Gasteiger partial charge in [-0.1, -0.05) is 19.1 Å². The van der Waals surface area contributed by atoms with Gasteiger partial charge in [0, 0.05) is 18.8 Å². The lowest BCUT2D eigenvalue weighted by Crippen LogP contribution is -2.31. The summed E-state index contributed by atoms with van der Waals surface area (Å²) in [5.41, 5.74) is -1.13. The Hall–Kier alpha value is -1.57. The van der Waals surface area contributed by atoms with Crippen molar-refractivity contribution >= 4 is 0 Å². The SMILES string of the molecule is C/C=C(/F)CC1CCC(OC(F)(F)c2ccc(CCC3CCC(C(F)(F)CC)CC3)c(F)c2F)CC1. The zero-order valence-corrected chi connectivity index (χ0v) is 21.1. The van der Waals surface area contributed by atoms with Crippen LogP contribution >= 0.6 is 0 Å². The first-order chi connectivity index (χ1) is 17.0. The zero-order chi connectivity index (χ0) is 26.5. The maximum Gasteiger partial charge on any atom is 0.386 e. The highest BCUT2D eigenvalue weighted by Gasteiger charge is 2.42. The Morgan fingerprint density at radius 3 is 2.11 bits per heavy atom. The van der Waals surface area contributed by atoms with E-state index in [-0.39, 0.29) is 42.5 Å². The summed E-state index contributed by atoms with van der Waals surface area (Å²) in [5.74, 6) is -6.29. The summed E-state index contributed by atoms with van der Waals surface area (Å²) in [5, 5.41) is 0. The smallest absolute Gasteiger partial charge is 0.313 e. The van der Waals surface area contributed by atoms with Crippen molar-refractivity contribution in [2.45, 2.75) is 109 Å². The van der Waals surface area contributed by atoms with Crippen LogP contribution in [0.4, 0.5) is 30.7 Å². The van der Waals surface area contributed by atoms with Gasteiger partial charge in [0.2, 0.25) is 0 Å². The van der Waals surface area contributed by atoms with Gasteiger partial charge in [-0.3, -0.25) is 0 Å². The third kappa shape index (κ3) is 7.26. The molecule has 2 aliphatic carbocycles. The van der Waals surface area contributed by atoms with E-state index in [1.165, 1.54) is 19.1 Å². The van der Waals surface area contributed by atoms with Crippen molar-refractivity contribution in [1.29, 1.82) is 0 Å². The third-order valence-electron chi connectivity index (χ3n) is 8.12. The van der Waals surface area contributed by atoms with Gasteiger partial charge in [-0.15, -0.1) is 0 Å². The Labute approximate surface area is 209 Å². The monoisotopic (exact) mass is 522 g/mol. The predicted octanol–water partition coefficient (Wildman–Crippen LogP) is 9.64. The molecule has 36 heavy (non-hydrogen) atoms. The van der Waals surface area contributed by atoms with Crippen LogP contribution in [0.1, 0.15) is 95.6 Å². The summed E-state index contributed by atoms with van der Waals surface area (Å²) in [6, 6.07) is 2.04. The molecule has 8 heteroatoms. The van der Waals surface area contributed by atoms with E-state index in [0.29, 0.717) is 57.8 Å². The summed E-state index contributed by atoms with van der Waals surface area (Å²) in [4.78, 5) is 0. The van der Waals surface area contributed by atoms with Crippen molar-refractivity contribution < 1.29 is 35.5 Å². The van der Waals surface area contributed by atoms with Gasteiger partial charge in [0.15, 0.2) is 11.6 Å². The molecule has 0 amide bonds. The normalized spacial score (nSPS) is 26.3. The van der Waals surface area contributed by atoms with Crippen molar-refractivity contribution in [3.63, 3.8) is 0 Å². The third-order valence-corrected chi connectivity index (χ3v) is 8.12. The van der Waals surface area contributed by atoms with Gasteiger partial charge in [0.1, 0.15) is 0 Å². The molecule has 0 unspecified atom stereocenters. The molecule has 204 valence electrons. The van der Waals surface area contributed by atoms with Crippen LogP contribution in [0.15, 0.2) is 24.0 Å². The van der Waals surface area contributed by atoms with Gasteiger partial charge in [-0.2, -0.15) is 8.78 Å². The van der Waals surface area contributed by atoms with Crippen molar-refractivity contribution in [1.82, 2.24) is 0 Å². The standard InChI is InChI=1S/C28H37F7O/c1-3-22(29)17-19-8-14-23(15-9-19)36-28(34,35)24-16-11-20(25(30)26(24)31)10-5-18-6-12-21(13-7-18)27(32,33)4-2/h3,11,16,18-19,21,23H,4-10,12-15,17H2,1-2H3/b22-3+. The molecular formula is C28H37F7O. The summed E-state index contributed by atoms with van der Waals surface area (Å²) >= 11 is 0. The van der Waals surface area contributed by atoms with Crippen LogP contribution in [0, 0.1) is 29.4 Å². The Bertz CT molecular complexity index is 882. The molecule has 0 radical (unpaired) electrons. The van der Waals surface area contributed by atoms with Crippen LogP contribution in [-0.2, 0) is 17.3 Å². The summed E-state index contributed by atoms with van der Waals surface area (Å²) < 4.78 is 105. The van der Waals surface area contributed by atoms with Gasteiger partial charge in [0.25, 0.3) is 5.92 Å². The minimum Gasteiger partial charge on any atom is -0.313 e. The number of ether oxygens (including phenoxy) is 1. The molecule has 3 rings (SSSR count). The van der Waals surface area contributed by atoms with Crippen molar-refractivity contribution in [2.24, 2.45) is 17.8 Å². The second kappa shape index (κ2) is 12.3.